The van der Waals surface area contributed by atoms with Gasteiger partial charge in [-0.25, -0.2) is 0 Å². The minimum atomic E-state index is -0.444. The predicted octanol–water partition coefficient (Wildman–Crippen LogP) is 2.44. The second-order valence-corrected chi connectivity index (χ2v) is 1.96. The number of rotatable bonds is 3. The van der Waals surface area contributed by atoms with E-state index in [1.807, 2.05) is 0 Å². The maximum absolute atomic E-state index is 10.5. The minimum absolute atomic E-state index is 0.444. The Bertz CT molecular complexity index is 189. The smallest absolute Gasteiger partial charge is 0.252 e. The maximum Gasteiger partial charge on any atom is 0.252 e. The van der Waals surface area contributed by atoms with Crippen molar-refractivity contribution in [1.29, 1.82) is 0 Å². The van der Waals surface area contributed by atoms with Crippen molar-refractivity contribution in [3.05, 3.63) is 36.5 Å². The molecule has 0 aromatic heterocycles. The molecule has 0 spiro atoms. The van der Waals surface area contributed by atoms with Gasteiger partial charge in [-0.2, -0.15) is 0 Å². The molecule has 0 rings (SSSR count). The summed E-state index contributed by atoms with van der Waals surface area (Å²) in [5.41, 5.74) is 0.488. The molecule has 0 aliphatic rings. The Labute approximate surface area is 65.7 Å². The second-order valence-electron chi connectivity index (χ2n) is 1.61. The molecule has 0 bridgehead atoms. The van der Waals surface area contributed by atoms with Gasteiger partial charge in [-0.3, -0.25) is 4.79 Å². The van der Waals surface area contributed by atoms with Crippen LogP contribution in [0.1, 0.15) is 6.92 Å². The number of hydrogen-bond donors (Lipinski definition) is 0. The Morgan fingerprint density at radius 2 is 2.20 bits per heavy atom. The fourth-order valence-corrected chi connectivity index (χ4v) is 0.619. The SMILES string of the molecule is C=C/C=C\C(=C/C)C(=O)Cl. The zero-order valence-corrected chi connectivity index (χ0v) is 6.56. The van der Waals surface area contributed by atoms with Gasteiger partial charge >= 0.3 is 0 Å². The Hall–Kier alpha value is -0.820. The first-order valence-electron chi connectivity index (χ1n) is 2.87. The molecule has 0 saturated carbocycles. The monoisotopic (exact) mass is 156 g/mol. The third-order valence-corrected chi connectivity index (χ3v) is 1.17. The number of allylic oxidation sites excluding steroid dienone is 5. The fraction of sp³-hybridized carbons (Fsp3) is 0.125. The molecule has 0 fully saturated rings. The first kappa shape index (κ1) is 9.18. The Kier molecular flexibility index (Phi) is 4.59. The van der Waals surface area contributed by atoms with Crippen molar-refractivity contribution in [3.8, 4) is 0 Å². The first-order chi connectivity index (χ1) is 4.72. The molecule has 0 radical (unpaired) electrons. The van der Waals surface area contributed by atoms with Crippen molar-refractivity contribution < 1.29 is 4.79 Å². The lowest BCUT2D eigenvalue weighted by atomic mass is 10.2. The van der Waals surface area contributed by atoms with E-state index < -0.39 is 5.24 Å². The lowest BCUT2D eigenvalue weighted by molar-refractivity contribution is -0.108. The van der Waals surface area contributed by atoms with Crippen LogP contribution in [0.2, 0.25) is 0 Å². The van der Waals surface area contributed by atoms with Crippen LogP contribution >= 0.6 is 11.6 Å². The summed E-state index contributed by atoms with van der Waals surface area (Å²) >= 11 is 5.19. The van der Waals surface area contributed by atoms with Crippen LogP contribution < -0.4 is 0 Å². The fourth-order valence-electron chi connectivity index (χ4n) is 0.447. The highest BCUT2D eigenvalue weighted by atomic mass is 35.5. The Morgan fingerprint density at radius 1 is 1.60 bits per heavy atom. The number of halogens is 1. The largest absolute Gasteiger partial charge is 0.276 e. The van der Waals surface area contributed by atoms with Gasteiger partial charge in [-0.05, 0) is 18.5 Å². The molecule has 0 aromatic carbocycles. The zero-order valence-electron chi connectivity index (χ0n) is 5.80. The van der Waals surface area contributed by atoms with Gasteiger partial charge in [-0.1, -0.05) is 30.9 Å². The van der Waals surface area contributed by atoms with Crippen molar-refractivity contribution in [2.45, 2.75) is 6.92 Å². The van der Waals surface area contributed by atoms with Crippen LogP contribution in [-0.4, -0.2) is 5.24 Å². The van der Waals surface area contributed by atoms with Crippen LogP contribution in [0.4, 0.5) is 0 Å². The molecule has 0 amide bonds. The molecule has 0 atom stereocenters. The van der Waals surface area contributed by atoms with Crippen molar-refractivity contribution in [3.63, 3.8) is 0 Å². The van der Waals surface area contributed by atoms with Gasteiger partial charge in [0.2, 0.25) is 0 Å². The van der Waals surface area contributed by atoms with Gasteiger partial charge in [0.15, 0.2) is 0 Å². The summed E-state index contributed by atoms with van der Waals surface area (Å²) in [6.45, 7) is 5.21. The van der Waals surface area contributed by atoms with E-state index in [4.69, 9.17) is 11.6 Å². The summed E-state index contributed by atoms with van der Waals surface area (Å²) < 4.78 is 0. The van der Waals surface area contributed by atoms with Crippen LogP contribution in [-0.2, 0) is 4.79 Å². The highest BCUT2D eigenvalue weighted by Crippen LogP contribution is 2.01. The summed E-state index contributed by atoms with van der Waals surface area (Å²) in [5.74, 6) is 0. The van der Waals surface area contributed by atoms with Crippen molar-refractivity contribution in [1.82, 2.24) is 0 Å². The van der Waals surface area contributed by atoms with E-state index >= 15 is 0 Å². The van der Waals surface area contributed by atoms with Crippen molar-refractivity contribution in [2.24, 2.45) is 0 Å². The quantitative estimate of drug-likeness (QED) is 0.349. The van der Waals surface area contributed by atoms with Gasteiger partial charge in [0.05, 0.1) is 0 Å². The Balaban J connectivity index is 4.25. The van der Waals surface area contributed by atoms with Gasteiger partial charge < -0.3 is 0 Å². The van der Waals surface area contributed by atoms with E-state index in [-0.39, 0.29) is 0 Å². The minimum Gasteiger partial charge on any atom is -0.276 e. The molecule has 0 unspecified atom stereocenters. The lowest BCUT2D eigenvalue weighted by Crippen LogP contribution is -1.87. The molecular formula is C8H9ClO. The third kappa shape index (κ3) is 3.25. The van der Waals surface area contributed by atoms with E-state index in [1.165, 1.54) is 0 Å². The van der Waals surface area contributed by atoms with E-state index in [9.17, 15) is 4.79 Å². The zero-order chi connectivity index (χ0) is 7.98. The van der Waals surface area contributed by atoms with Crippen molar-refractivity contribution >= 4 is 16.8 Å². The van der Waals surface area contributed by atoms with Gasteiger partial charge in [-0.15, -0.1) is 0 Å². The van der Waals surface area contributed by atoms with Crippen LogP contribution in [0, 0.1) is 0 Å². The van der Waals surface area contributed by atoms with Crippen LogP contribution in [0.25, 0.3) is 0 Å². The normalized spacial score (nSPS) is 12.0. The van der Waals surface area contributed by atoms with E-state index in [2.05, 4.69) is 6.58 Å². The van der Waals surface area contributed by atoms with E-state index in [0.29, 0.717) is 5.57 Å². The first-order valence-corrected chi connectivity index (χ1v) is 3.25. The van der Waals surface area contributed by atoms with Gasteiger partial charge in [0.1, 0.15) is 0 Å². The predicted molar refractivity (Wildman–Crippen MR) is 44.0 cm³/mol. The average Bonchev–Trinajstić information content (AvgIpc) is 1.89. The van der Waals surface area contributed by atoms with E-state index in [0.717, 1.165) is 0 Å². The standard InChI is InChI=1S/C8H9ClO/c1-3-5-6-7(4-2)8(9)10/h3-6H,1H2,2H3/b6-5-,7-4+. The third-order valence-electron chi connectivity index (χ3n) is 0.950. The molecule has 0 saturated heterocycles. The summed E-state index contributed by atoms with van der Waals surface area (Å²) in [6.07, 6.45) is 6.51. The average molecular weight is 157 g/mol. The molecular weight excluding hydrogens is 148 g/mol. The summed E-state index contributed by atoms with van der Waals surface area (Å²) in [7, 11) is 0. The number of carbonyl (C=O) groups excluding carboxylic acids is 1. The van der Waals surface area contributed by atoms with E-state index in [1.54, 1.807) is 31.2 Å². The molecule has 0 N–H and O–H groups in total. The maximum atomic E-state index is 10.5. The van der Waals surface area contributed by atoms with Crippen LogP contribution in [0.3, 0.4) is 0 Å². The molecule has 10 heavy (non-hydrogen) atoms. The molecule has 0 heterocycles. The molecule has 0 aliphatic heterocycles. The lowest BCUT2D eigenvalue weighted by Gasteiger charge is -1.87. The Morgan fingerprint density at radius 3 is 2.50 bits per heavy atom. The summed E-state index contributed by atoms with van der Waals surface area (Å²) in [5, 5.41) is -0.444. The van der Waals surface area contributed by atoms with Crippen LogP contribution in [0.15, 0.2) is 36.5 Å². The van der Waals surface area contributed by atoms with Crippen molar-refractivity contribution in [2.75, 3.05) is 0 Å². The second kappa shape index (κ2) is 5.00. The molecule has 0 aromatic rings. The van der Waals surface area contributed by atoms with Crippen LogP contribution in [0.5, 0.6) is 0 Å². The molecule has 0 aliphatic carbocycles. The number of hydrogen-bond acceptors (Lipinski definition) is 1. The highest BCUT2D eigenvalue weighted by molar-refractivity contribution is 6.68. The summed E-state index contributed by atoms with van der Waals surface area (Å²) in [6, 6.07) is 0. The number of carbonyl (C=O) groups is 1. The summed E-state index contributed by atoms with van der Waals surface area (Å²) in [4.78, 5) is 10.5. The highest BCUT2D eigenvalue weighted by Gasteiger charge is 1.97. The van der Waals surface area contributed by atoms with Gasteiger partial charge in [0, 0.05) is 5.57 Å². The topological polar surface area (TPSA) is 17.1 Å². The molecule has 1 nitrogen and oxygen atoms in total. The van der Waals surface area contributed by atoms with Gasteiger partial charge in [0.25, 0.3) is 5.24 Å². The molecule has 54 valence electrons. The molecule has 2 heteroatoms.